The van der Waals surface area contributed by atoms with Gasteiger partial charge in [0, 0.05) is 6.54 Å². The lowest BCUT2D eigenvalue weighted by molar-refractivity contribution is -0.146. The summed E-state index contributed by atoms with van der Waals surface area (Å²) in [6.07, 6.45) is 0. The molecule has 1 amide bonds. The number of carbonyl (C=O) groups is 1. The summed E-state index contributed by atoms with van der Waals surface area (Å²) < 4.78 is 4.93. The van der Waals surface area contributed by atoms with Gasteiger partial charge in [0.1, 0.15) is 6.61 Å². The lowest BCUT2D eigenvalue weighted by atomic mass is 10.3. The molecule has 0 bridgehead atoms. The zero-order valence-corrected chi connectivity index (χ0v) is 6.62. The predicted octanol–water partition coefficient (Wildman–Crippen LogP) is -0.774. The first-order valence-electron chi connectivity index (χ1n) is 3.73. The highest BCUT2D eigenvalue weighted by Gasteiger charge is 2.22. The number of hydrogen-bond donors (Lipinski definition) is 1. The molecule has 1 aliphatic rings. The summed E-state index contributed by atoms with van der Waals surface area (Å²) in [6, 6.07) is -0.0774. The van der Waals surface area contributed by atoms with E-state index in [1.165, 1.54) is 0 Å². The number of hydrogen-bond acceptors (Lipinski definition) is 3. The molecule has 11 heavy (non-hydrogen) atoms. The van der Waals surface area contributed by atoms with Crippen molar-refractivity contribution in [3.05, 3.63) is 0 Å². The largest absolute Gasteiger partial charge is 0.394 e. The van der Waals surface area contributed by atoms with Crippen LogP contribution >= 0.6 is 0 Å². The van der Waals surface area contributed by atoms with Crippen molar-refractivity contribution in [1.82, 2.24) is 4.90 Å². The summed E-state index contributed by atoms with van der Waals surface area (Å²) in [5, 5.41) is 8.77. The van der Waals surface area contributed by atoms with Crippen molar-refractivity contribution in [1.29, 1.82) is 0 Å². The minimum Gasteiger partial charge on any atom is -0.394 e. The van der Waals surface area contributed by atoms with Crippen LogP contribution in [-0.2, 0) is 9.53 Å². The van der Waals surface area contributed by atoms with E-state index in [0.717, 1.165) is 0 Å². The van der Waals surface area contributed by atoms with Gasteiger partial charge in [-0.15, -0.1) is 0 Å². The van der Waals surface area contributed by atoms with Crippen LogP contribution in [0.15, 0.2) is 0 Å². The Morgan fingerprint density at radius 2 is 2.55 bits per heavy atom. The van der Waals surface area contributed by atoms with Crippen molar-refractivity contribution >= 4 is 5.91 Å². The predicted molar refractivity (Wildman–Crippen MR) is 39.1 cm³/mol. The molecule has 4 nitrogen and oxygen atoms in total. The lowest BCUT2D eigenvalue weighted by Gasteiger charge is -2.31. The molecule has 0 radical (unpaired) electrons. The lowest BCUT2D eigenvalue weighted by Crippen LogP contribution is -2.47. The van der Waals surface area contributed by atoms with Gasteiger partial charge in [0.05, 0.1) is 19.3 Å². The minimum absolute atomic E-state index is 0.0196. The van der Waals surface area contributed by atoms with Crippen LogP contribution in [0.4, 0.5) is 0 Å². The molecule has 0 aliphatic carbocycles. The van der Waals surface area contributed by atoms with E-state index in [9.17, 15) is 4.79 Å². The summed E-state index contributed by atoms with van der Waals surface area (Å²) >= 11 is 0. The van der Waals surface area contributed by atoms with Crippen molar-refractivity contribution in [2.45, 2.75) is 13.0 Å². The van der Waals surface area contributed by atoms with E-state index in [0.29, 0.717) is 13.2 Å². The highest BCUT2D eigenvalue weighted by Crippen LogP contribution is 2.03. The highest BCUT2D eigenvalue weighted by atomic mass is 16.5. The number of nitrogens with zero attached hydrogens (tertiary/aromatic N) is 1. The third-order valence-corrected chi connectivity index (χ3v) is 1.82. The smallest absolute Gasteiger partial charge is 0.248 e. The minimum atomic E-state index is -0.0774. The third-order valence-electron chi connectivity index (χ3n) is 1.82. The van der Waals surface area contributed by atoms with Gasteiger partial charge in [-0.1, -0.05) is 0 Å². The number of ether oxygens (including phenoxy) is 1. The van der Waals surface area contributed by atoms with Gasteiger partial charge in [-0.2, -0.15) is 0 Å². The molecule has 0 aromatic heterocycles. The van der Waals surface area contributed by atoms with E-state index in [1.54, 1.807) is 4.90 Å². The van der Waals surface area contributed by atoms with Gasteiger partial charge in [-0.05, 0) is 6.92 Å². The Bertz CT molecular complexity index is 149. The van der Waals surface area contributed by atoms with Crippen molar-refractivity contribution in [3.63, 3.8) is 0 Å². The standard InChI is InChI=1S/C7H13NO3/c1-6(4-9)8-2-3-11-5-7(8)10/h6,9H,2-5H2,1H3. The summed E-state index contributed by atoms with van der Waals surface area (Å²) in [5.74, 6) is -0.0298. The Labute approximate surface area is 65.8 Å². The van der Waals surface area contributed by atoms with Crippen LogP contribution in [0.25, 0.3) is 0 Å². The van der Waals surface area contributed by atoms with E-state index in [1.807, 2.05) is 6.92 Å². The van der Waals surface area contributed by atoms with E-state index in [2.05, 4.69) is 0 Å². The highest BCUT2D eigenvalue weighted by molar-refractivity contribution is 5.78. The molecule has 1 saturated heterocycles. The topological polar surface area (TPSA) is 49.8 Å². The zero-order valence-electron chi connectivity index (χ0n) is 6.62. The molecule has 4 heteroatoms. The zero-order chi connectivity index (χ0) is 8.27. The fraction of sp³-hybridized carbons (Fsp3) is 0.857. The monoisotopic (exact) mass is 159 g/mol. The van der Waals surface area contributed by atoms with Gasteiger partial charge in [-0.3, -0.25) is 4.79 Å². The van der Waals surface area contributed by atoms with Gasteiger partial charge < -0.3 is 14.7 Å². The molecule has 0 spiro atoms. The maximum Gasteiger partial charge on any atom is 0.248 e. The van der Waals surface area contributed by atoms with Gasteiger partial charge in [0.15, 0.2) is 0 Å². The maximum atomic E-state index is 11.1. The van der Waals surface area contributed by atoms with E-state index in [-0.39, 0.29) is 25.2 Å². The number of amides is 1. The normalized spacial score (nSPS) is 22.0. The van der Waals surface area contributed by atoms with Crippen LogP contribution in [0.3, 0.4) is 0 Å². The molecule has 1 N–H and O–H groups in total. The fourth-order valence-electron chi connectivity index (χ4n) is 1.09. The number of rotatable bonds is 2. The van der Waals surface area contributed by atoms with E-state index in [4.69, 9.17) is 9.84 Å². The molecule has 0 aromatic carbocycles. The second kappa shape index (κ2) is 3.69. The number of morpholine rings is 1. The third kappa shape index (κ3) is 1.91. The van der Waals surface area contributed by atoms with Crippen molar-refractivity contribution in [3.8, 4) is 0 Å². The van der Waals surface area contributed by atoms with Gasteiger partial charge in [0.25, 0.3) is 0 Å². The Morgan fingerprint density at radius 3 is 3.09 bits per heavy atom. The van der Waals surface area contributed by atoms with Gasteiger partial charge in [0.2, 0.25) is 5.91 Å². The molecule has 0 saturated carbocycles. The first-order chi connectivity index (χ1) is 5.25. The van der Waals surface area contributed by atoms with Crippen molar-refractivity contribution in [2.24, 2.45) is 0 Å². The van der Waals surface area contributed by atoms with Crippen LogP contribution in [-0.4, -0.2) is 48.3 Å². The molecule has 64 valence electrons. The summed E-state index contributed by atoms with van der Waals surface area (Å²) in [5.41, 5.74) is 0. The van der Waals surface area contributed by atoms with Crippen LogP contribution in [0.1, 0.15) is 6.92 Å². The van der Waals surface area contributed by atoms with Crippen molar-refractivity contribution < 1.29 is 14.6 Å². The average Bonchev–Trinajstić information content (AvgIpc) is 2.04. The van der Waals surface area contributed by atoms with Crippen molar-refractivity contribution in [2.75, 3.05) is 26.4 Å². The first kappa shape index (κ1) is 8.49. The Kier molecular flexibility index (Phi) is 2.84. The summed E-state index contributed by atoms with van der Waals surface area (Å²) in [7, 11) is 0. The number of carbonyl (C=O) groups excluding carboxylic acids is 1. The Hall–Kier alpha value is -0.610. The van der Waals surface area contributed by atoms with E-state index >= 15 is 0 Å². The molecule has 1 unspecified atom stereocenters. The summed E-state index contributed by atoms with van der Waals surface area (Å²) in [4.78, 5) is 12.7. The van der Waals surface area contributed by atoms with E-state index < -0.39 is 0 Å². The first-order valence-corrected chi connectivity index (χ1v) is 3.73. The maximum absolute atomic E-state index is 11.1. The molecule has 1 heterocycles. The van der Waals surface area contributed by atoms with Crippen LogP contribution in [0, 0.1) is 0 Å². The molecule has 0 aromatic rings. The number of aliphatic hydroxyl groups excluding tert-OH is 1. The van der Waals surface area contributed by atoms with Gasteiger partial charge in [-0.25, -0.2) is 0 Å². The molecule has 1 fully saturated rings. The molecule has 1 atom stereocenters. The Balaban J connectivity index is 2.47. The molecular weight excluding hydrogens is 146 g/mol. The second-order valence-electron chi connectivity index (χ2n) is 2.67. The average molecular weight is 159 g/mol. The Morgan fingerprint density at radius 1 is 1.82 bits per heavy atom. The summed E-state index contributed by atoms with van der Waals surface area (Å²) in [6.45, 7) is 3.18. The second-order valence-corrected chi connectivity index (χ2v) is 2.67. The number of aliphatic hydroxyl groups is 1. The van der Waals surface area contributed by atoms with Gasteiger partial charge >= 0.3 is 0 Å². The van der Waals surface area contributed by atoms with Crippen LogP contribution < -0.4 is 0 Å². The molecule has 1 rings (SSSR count). The fourth-order valence-corrected chi connectivity index (χ4v) is 1.09. The quantitative estimate of drug-likeness (QED) is 0.575. The molecule has 1 aliphatic heterocycles. The van der Waals surface area contributed by atoms with Crippen LogP contribution in [0.2, 0.25) is 0 Å². The SMILES string of the molecule is CC(CO)N1CCOCC1=O. The molecular formula is C7H13NO3. The van der Waals surface area contributed by atoms with Crippen LogP contribution in [0.5, 0.6) is 0 Å².